The molecule has 12 heteroatoms. The van der Waals surface area contributed by atoms with Crippen LogP contribution in [0.3, 0.4) is 0 Å². The molecule has 2 aromatic rings. The molecular formula is C24H29Cl2IN4O4Si. The van der Waals surface area contributed by atoms with E-state index in [0.29, 0.717) is 20.8 Å². The molecule has 0 aliphatic carbocycles. The lowest BCUT2D eigenvalue weighted by Gasteiger charge is -2.05. The highest BCUT2D eigenvalue weighted by Gasteiger charge is 2.16. The van der Waals surface area contributed by atoms with Crippen molar-refractivity contribution >= 4 is 77.2 Å². The fourth-order valence-electron chi connectivity index (χ4n) is 1.89. The SMILES string of the molecule is C#C[Si](C)(C)C.CC#Cc1nc(C(=O)OCC)c(Cl)cc1N.CCOC(=O)c1nc(I)c(N)cc1Cl. The highest BCUT2D eigenvalue weighted by molar-refractivity contribution is 14.1. The first-order valence-electron chi connectivity index (χ1n) is 10.5. The number of nitrogens with zero attached hydrogens (tertiary/aromatic N) is 2. The Balaban J connectivity index is 0.000000561. The van der Waals surface area contributed by atoms with Crippen molar-refractivity contribution in [2.75, 3.05) is 24.7 Å². The van der Waals surface area contributed by atoms with E-state index in [1.165, 1.54) is 12.1 Å². The largest absolute Gasteiger partial charge is 0.461 e. The van der Waals surface area contributed by atoms with Crippen LogP contribution in [0.25, 0.3) is 0 Å². The number of halogens is 3. The first kappa shape index (κ1) is 33.5. The number of hydrogen-bond donors (Lipinski definition) is 2. The maximum atomic E-state index is 11.5. The summed E-state index contributed by atoms with van der Waals surface area (Å²) >= 11 is 13.6. The van der Waals surface area contributed by atoms with Crippen LogP contribution in [0.4, 0.5) is 11.4 Å². The normalized spacial score (nSPS) is 9.67. The van der Waals surface area contributed by atoms with Gasteiger partial charge in [-0.25, -0.2) is 19.6 Å². The maximum Gasteiger partial charge on any atom is 0.358 e. The number of terminal acetylenes is 1. The fourth-order valence-corrected chi connectivity index (χ4v) is 2.76. The number of hydrogen-bond acceptors (Lipinski definition) is 8. The number of esters is 2. The first-order valence-corrected chi connectivity index (χ1v) is 15.9. The Hall–Kier alpha value is -2.51. The minimum atomic E-state index is -1.10. The van der Waals surface area contributed by atoms with Crippen LogP contribution in [-0.2, 0) is 9.47 Å². The molecule has 36 heavy (non-hydrogen) atoms. The number of carbonyl (C=O) groups is 2. The van der Waals surface area contributed by atoms with Gasteiger partial charge in [0, 0.05) is 0 Å². The molecule has 0 saturated heterocycles. The third kappa shape index (κ3) is 12.0. The molecule has 8 nitrogen and oxygen atoms in total. The molecule has 0 unspecified atom stereocenters. The van der Waals surface area contributed by atoms with Crippen LogP contribution in [0.15, 0.2) is 12.1 Å². The third-order valence-electron chi connectivity index (χ3n) is 3.58. The van der Waals surface area contributed by atoms with E-state index in [2.05, 4.69) is 47.0 Å². The summed E-state index contributed by atoms with van der Waals surface area (Å²) in [5.41, 5.74) is 15.2. The Morgan fingerprint density at radius 1 is 1.00 bits per heavy atom. The van der Waals surface area contributed by atoms with Gasteiger partial charge in [-0.15, -0.1) is 12.0 Å². The molecule has 0 aliphatic heterocycles. The van der Waals surface area contributed by atoms with Gasteiger partial charge in [0.15, 0.2) is 11.4 Å². The molecule has 0 spiro atoms. The van der Waals surface area contributed by atoms with Gasteiger partial charge < -0.3 is 20.9 Å². The highest BCUT2D eigenvalue weighted by atomic mass is 127. The molecular weight excluding hydrogens is 634 g/mol. The first-order chi connectivity index (χ1) is 16.7. The van der Waals surface area contributed by atoms with Gasteiger partial charge in [-0.2, -0.15) is 0 Å². The van der Waals surface area contributed by atoms with E-state index < -0.39 is 20.0 Å². The third-order valence-corrected chi connectivity index (χ3v) is 5.88. The molecule has 0 saturated carbocycles. The molecule has 0 aromatic carbocycles. The molecule has 0 radical (unpaired) electrons. The van der Waals surface area contributed by atoms with Crippen molar-refractivity contribution in [1.82, 2.24) is 9.97 Å². The number of anilines is 2. The molecule has 0 amide bonds. The van der Waals surface area contributed by atoms with Gasteiger partial charge in [0.05, 0.1) is 34.6 Å². The topological polar surface area (TPSA) is 130 Å². The van der Waals surface area contributed by atoms with Crippen molar-refractivity contribution in [3.8, 4) is 23.8 Å². The minimum Gasteiger partial charge on any atom is -0.461 e. The summed E-state index contributed by atoms with van der Waals surface area (Å²) in [6, 6.07) is 2.93. The van der Waals surface area contributed by atoms with Crippen LogP contribution in [0.5, 0.6) is 0 Å². The summed E-state index contributed by atoms with van der Waals surface area (Å²) < 4.78 is 10.1. The van der Waals surface area contributed by atoms with Gasteiger partial charge in [-0.05, 0) is 61.4 Å². The Morgan fingerprint density at radius 2 is 1.42 bits per heavy atom. The fraction of sp³-hybridized carbons (Fsp3) is 0.333. The minimum absolute atomic E-state index is 0.0375. The second kappa shape index (κ2) is 16.3. The van der Waals surface area contributed by atoms with E-state index in [4.69, 9.17) is 50.6 Å². The molecule has 0 bridgehead atoms. The summed E-state index contributed by atoms with van der Waals surface area (Å²) in [6.45, 7) is 12.1. The average Bonchev–Trinajstić information content (AvgIpc) is 2.79. The van der Waals surface area contributed by atoms with E-state index in [0.717, 1.165) is 0 Å². The van der Waals surface area contributed by atoms with Crippen LogP contribution >= 0.6 is 45.8 Å². The van der Waals surface area contributed by atoms with Crippen molar-refractivity contribution in [1.29, 1.82) is 0 Å². The smallest absolute Gasteiger partial charge is 0.358 e. The lowest BCUT2D eigenvalue weighted by molar-refractivity contribution is 0.0510. The molecule has 0 atom stereocenters. The Kier molecular flexibility index (Phi) is 15.1. The molecule has 0 fully saturated rings. The van der Waals surface area contributed by atoms with Crippen LogP contribution in [0.2, 0.25) is 29.7 Å². The van der Waals surface area contributed by atoms with Crippen LogP contribution in [-0.4, -0.2) is 43.2 Å². The van der Waals surface area contributed by atoms with Crippen LogP contribution in [0.1, 0.15) is 47.4 Å². The van der Waals surface area contributed by atoms with Crippen molar-refractivity contribution < 1.29 is 19.1 Å². The van der Waals surface area contributed by atoms with Crippen molar-refractivity contribution in [3.05, 3.63) is 43.0 Å². The standard InChI is InChI=1S/C11H11ClN2O2.C8H8ClIN2O2.C5H10Si/c1-3-5-9-8(13)6-7(12)10(14-9)11(15)16-4-2;1-2-14-8(13)6-4(9)3-5(11)7(10)12-6;1-5-6(2,3)4/h6H,4,13H2,1-2H3;3H,2,11H2,1H3;1H,2-4H3. The van der Waals surface area contributed by atoms with Gasteiger partial charge in [-0.3, -0.25) is 0 Å². The lowest BCUT2D eigenvalue weighted by atomic mass is 10.2. The molecule has 2 rings (SSSR count). The number of carbonyl (C=O) groups excluding carboxylic acids is 2. The Labute approximate surface area is 237 Å². The van der Waals surface area contributed by atoms with Crippen molar-refractivity contribution in [3.63, 3.8) is 0 Å². The second-order valence-corrected chi connectivity index (χ2v) is 14.3. The molecule has 2 heterocycles. The number of rotatable bonds is 4. The summed E-state index contributed by atoms with van der Waals surface area (Å²) in [7, 11) is -1.10. The molecule has 194 valence electrons. The van der Waals surface area contributed by atoms with Gasteiger partial charge in [-0.1, -0.05) is 48.8 Å². The Morgan fingerprint density at radius 3 is 1.81 bits per heavy atom. The number of nitrogens with two attached hydrogens (primary N) is 2. The zero-order chi connectivity index (χ0) is 28.1. The Bertz CT molecular complexity index is 1190. The number of pyridine rings is 2. The molecule has 4 N–H and O–H groups in total. The van der Waals surface area contributed by atoms with Crippen molar-refractivity contribution in [2.24, 2.45) is 0 Å². The monoisotopic (exact) mass is 662 g/mol. The number of ether oxygens (including phenoxy) is 2. The predicted octanol–water partition coefficient (Wildman–Crippen LogP) is 5.46. The summed E-state index contributed by atoms with van der Waals surface area (Å²) in [5.74, 6) is 4.23. The van der Waals surface area contributed by atoms with Gasteiger partial charge >= 0.3 is 11.9 Å². The van der Waals surface area contributed by atoms with E-state index in [1.54, 1.807) is 20.8 Å². The maximum absolute atomic E-state index is 11.5. The van der Waals surface area contributed by atoms with Gasteiger partial charge in [0.1, 0.15) is 17.5 Å². The van der Waals surface area contributed by atoms with Crippen molar-refractivity contribution in [2.45, 2.75) is 40.4 Å². The van der Waals surface area contributed by atoms with E-state index in [9.17, 15) is 9.59 Å². The quantitative estimate of drug-likeness (QED) is 0.145. The number of nitrogen functional groups attached to an aromatic ring is 2. The zero-order valence-corrected chi connectivity index (χ0v) is 25.6. The second-order valence-electron chi connectivity index (χ2n) is 7.67. The van der Waals surface area contributed by atoms with Crippen LogP contribution in [0, 0.1) is 27.5 Å². The predicted molar refractivity (Wildman–Crippen MR) is 157 cm³/mol. The van der Waals surface area contributed by atoms with E-state index >= 15 is 0 Å². The summed E-state index contributed by atoms with van der Waals surface area (Å²) in [5, 5.41) is 0.374. The lowest BCUT2D eigenvalue weighted by Crippen LogP contribution is -2.15. The van der Waals surface area contributed by atoms with E-state index in [1.807, 2.05) is 22.6 Å². The summed E-state index contributed by atoms with van der Waals surface area (Å²) in [4.78, 5) is 30.7. The summed E-state index contributed by atoms with van der Waals surface area (Å²) in [6.07, 6.45) is 5.12. The molecule has 0 aliphatic rings. The highest BCUT2D eigenvalue weighted by Crippen LogP contribution is 2.22. The average molecular weight is 663 g/mol. The van der Waals surface area contributed by atoms with Gasteiger partial charge in [0.25, 0.3) is 0 Å². The number of aromatic nitrogens is 2. The van der Waals surface area contributed by atoms with Gasteiger partial charge in [0.2, 0.25) is 0 Å². The zero-order valence-electron chi connectivity index (χ0n) is 21.0. The van der Waals surface area contributed by atoms with Crippen LogP contribution < -0.4 is 11.5 Å². The molecule has 2 aromatic heterocycles. The van der Waals surface area contributed by atoms with E-state index in [-0.39, 0.29) is 34.6 Å².